The lowest BCUT2D eigenvalue weighted by atomic mass is 10.1. The first kappa shape index (κ1) is 16.9. The molecule has 1 unspecified atom stereocenters. The third-order valence-corrected chi connectivity index (χ3v) is 4.32. The number of hydrogen-bond acceptors (Lipinski definition) is 4. The van der Waals surface area contributed by atoms with E-state index in [1.807, 2.05) is 24.3 Å². The fourth-order valence-electron chi connectivity index (χ4n) is 2.93. The van der Waals surface area contributed by atoms with Gasteiger partial charge < -0.3 is 16.2 Å². The number of nitrogens with zero attached hydrogens (tertiary/aromatic N) is 1. The van der Waals surface area contributed by atoms with Gasteiger partial charge in [0.25, 0.3) is 5.91 Å². The molecule has 22 heavy (non-hydrogen) atoms. The smallest absolute Gasteiger partial charge is 0.251 e. The molecule has 2 rings (SSSR count). The van der Waals surface area contributed by atoms with Crippen molar-refractivity contribution in [3.8, 4) is 0 Å². The average Bonchev–Trinajstić information content (AvgIpc) is 3.02. The van der Waals surface area contributed by atoms with Crippen LogP contribution in [-0.2, 0) is 6.54 Å². The predicted octanol–water partition coefficient (Wildman–Crippen LogP) is 1.11. The Balaban J connectivity index is 1.62. The molecule has 5 nitrogen and oxygen atoms in total. The summed E-state index contributed by atoms with van der Waals surface area (Å²) in [7, 11) is 0. The number of amides is 1. The van der Waals surface area contributed by atoms with E-state index in [9.17, 15) is 9.90 Å². The van der Waals surface area contributed by atoms with Gasteiger partial charge in [0.2, 0.25) is 0 Å². The monoisotopic (exact) mass is 305 g/mol. The van der Waals surface area contributed by atoms with Gasteiger partial charge in [-0.1, -0.05) is 12.1 Å². The van der Waals surface area contributed by atoms with Crippen molar-refractivity contribution in [2.75, 3.05) is 26.2 Å². The van der Waals surface area contributed by atoms with Gasteiger partial charge in [-0.25, -0.2) is 0 Å². The van der Waals surface area contributed by atoms with E-state index in [2.05, 4.69) is 10.2 Å². The number of aliphatic hydroxyl groups is 1. The molecule has 0 radical (unpaired) electrons. The van der Waals surface area contributed by atoms with Gasteiger partial charge >= 0.3 is 0 Å². The first-order valence-electron chi connectivity index (χ1n) is 8.16. The molecule has 1 aliphatic heterocycles. The van der Waals surface area contributed by atoms with E-state index in [1.54, 1.807) is 0 Å². The molecule has 0 spiro atoms. The Bertz CT molecular complexity index is 461. The van der Waals surface area contributed by atoms with Crippen molar-refractivity contribution in [3.05, 3.63) is 35.4 Å². The zero-order valence-corrected chi connectivity index (χ0v) is 13.1. The number of likely N-dealkylation sites (tertiary alicyclic amines) is 1. The molecule has 1 aliphatic rings. The Morgan fingerprint density at radius 1 is 1.32 bits per heavy atom. The number of unbranched alkanes of at least 4 members (excludes halogenated alkanes) is 1. The molecule has 122 valence electrons. The highest BCUT2D eigenvalue weighted by Gasteiger charge is 2.22. The van der Waals surface area contributed by atoms with Gasteiger partial charge in [0.1, 0.15) is 0 Å². The lowest BCUT2D eigenvalue weighted by Crippen LogP contribution is -2.33. The van der Waals surface area contributed by atoms with Crippen molar-refractivity contribution in [2.24, 2.45) is 5.73 Å². The maximum Gasteiger partial charge on any atom is 0.251 e. The normalized spacial score (nSPS) is 18.5. The molecular weight excluding hydrogens is 278 g/mol. The van der Waals surface area contributed by atoms with Crippen molar-refractivity contribution >= 4 is 5.91 Å². The summed E-state index contributed by atoms with van der Waals surface area (Å²) in [6, 6.07) is 7.74. The fourth-order valence-corrected chi connectivity index (χ4v) is 2.93. The molecule has 0 aromatic heterocycles. The van der Waals surface area contributed by atoms with Crippen LogP contribution in [-0.4, -0.2) is 48.2 Å². The van der Waals surface area contributed by atoms with Crippen LogP contribution >= 0.6 is 0 Å². The Morgan fingerprint density at radius 2 is 2.09 bits per heavy atom. The summed E-state index contributed by atoms with van der Waals surface area (Å²) in [6.45, 7) is 3.54. The molecule has 1 atom stereocenters. The Hall–Kier alpha value is -1.43. The molecule has 1 aromatic carbocycles. The largest absolute Gasteiger partial charge is 0.395 e. The topological polar surface area (TPSA) is 78.6 Å². The highest BCUT2D eigenvalue weighted by atomic mass is 16.3. The van der Waals surface area contributed by atoms with E-state index in [-0.39, 0.29) is 12.5 Å². The minimum absolute atomic E-state index is 0.0296. The van der Waals surface area contributed by atoms with Gasteiger partial charge in [0, 0.05) is 24.7 Å². The van der Waals surface area contributed by atoms with Crippen molar-refractivity contribution in [2.45, 2.75) is 38.3 Å². The summed E-state index contributed by atoms with van der Waals surface area (Å²) in [5.41, 5.74) is 7.25. The molecule has 1 heterocycles. The van der Waals surface area contributed by atoms with Crippen molar-refractivity contribution in [3.63, 3.8) is 0 Å². The highest BCUT2D eigenvalue weighted by molar-refractivity contribution is 5.94. The maximum absolute atomic E-state index is 12.0. The zero-order chi connectivity index (χ0) is 15.8. The van der Waals surface area contributed by atoms with Crippen molar-refractivity contribution < 1.29 is 9.90 Å². The second-order valence-electron chi connectivity index (χ2n) is 5.88. The minimum Gasteiger partial charge on any atom is -0.395 e. The molecule has 4 N–H and O–H groups in total. The number of nitrogens with one attached hydrogen (secondary N) is 1. The van der Waals surface area contributed by atoms with Gasteiger partial charge in [-0.2, -0.15) is 0 Å². The highest BCUT2D eigenvalue weighted by Crippen LogP contribution is 2.16. The quantitative estimate of drug-likeness (QED) is 0.629. The number of hydrogen-bond donors (Lipinski definition) is 3. The number of carbonyl (C=O) groups excluding carboxylic acids is 1. The Morgan fingerprint density at radius 3 is 2.77 bits per heavy atom. The van der Waals surface area contributed by atoms with Gasteiger partial charge in [-0.05, 0) is 56.5 Å². The van der Waals surface area contributed by atoms with Crippen LogP contribution in [0, 0.1) is 0 Å². The van der Waals surface area contributed by atoms with Gasteiger partial charge in [-0.3, -0.25) is 9.69 Å². The molecule has 1 saturated heterocycles. The van der Waals surface area contributed by atoms with Crippen LogP contribution in [0.5, 0.6) is 0 Å². The third kappa shape index (κ3) is 4.80. The van der Waals surface area contributed by atoms with E-state index < -0.39 is 0 Å². The number of nitrogens with two attached hydrogens (primary N) is 1. The van der Waals surface area contributed by atoms with Crippen molar-refractivity contribution in [1.82, 2.24) is 10.2 Å². The number of aliphatic hydroxyl groups excluding tert-OH is 1. The molecule has 1 amide bonds. The van der Waals surface area contributed by atoms with Crippen molar-refractivity contribution in [1.29, 1.82) is 0 Å². The minimum atomic E-state index is -0.0296. The van der Waals surface area contributed by atoms with E-state index in [0.29, 0.717) is 24.7 Å². The molecule has 0 saturated carbocycles. The molecule has 1 fully saturated rings. The average molecular weight is 305 g/mol. The standard InChI is InChI=1S/C17H27N3O2/c18-12-14-5-7-15(8-6-14)17(22)19-9-1-2-10-20-11-3-4-16(20)13-21/h5-8,16,21H,1-4,9-13,18H2,(H,19,22). The zero-order valence-electron chi connectivity index (χ0n) is 13.1. The van der Waals surface area contributed by atoms with Gasteiger partial charge in [-0.15, -0.1) is 0 Å². The summed E-state index contributed by atoms with van der Waals surface area (Å²) in [5, 5.41) is 12.2. The number of rotatable bonds is 8. The molecule has 5 heteroatoms. The SMILES string of the molecule is NCc1ccc(C(=O)NCCCCN2CCCC2CO)cc1. The van der Waals surface area contributed by atoms with E-state index in [0.717, 1.165) is 37.9 Å². The summed E-state index contributed by atoms with van der Waals surface area (Å²) in [6.07, 6.45) is 4.29. The maximum atomic E-state index is 12.0. The first-order valence-corrected chi connectivity index (χ1v) is 8.16. The molecule has 0 aliphatic carbocycles. The third-order valence-electron chi connectivity index (χ3n) is 4.32. The molecular formula is C17H27N3O2. The first-order chi connectivity index (χ1) is 10.7. The summed E-state index contributed by atoms with van der Waals surface area (Å²) >= 11 is 0. The van der Waals surface area contributed by atoms with Crippen LogP contribution in [0.1, 0.15) is 41.6 Å². The van der Waals surface area contributed by atoms with Crippen LogP contribution in [0.4, 0.5) is 0 Å². The van der Waals surface area contributed by atoms with E-state index in [4.69, 9.17) is 5.73 Å². The second-order valence-corrected chi connectivity index (χ2v) is 5.88. The van der Waals surface area contributed by atoms with Gasteiger partial charge in [0.05, 0.1) is 6.61 Å². The predicted molar refractivity (Wildman–Crippen MR) is 87.6 cm³/mol. The Kier molecular flexibility index (Phi) is 6.83. The Labute approximate surface area is 132 Å². The van der Waals surface area contributed by atoms with Crippen LogP contribution in [0.3, 0.4) is 0 Å². The van der Waals surface area contributed by atoms with E-state index >= 15 is 0 Å². The number of carbonyl (C=O) groups is 1. The van der Waals surface area contributed by atoms with E-state index in [1.165, 1.54) is 6.42 Å². The molecule has 0 bridgehead atoms. The second kappa shape index (κ2) is 8.88. The van der Waals surface area contributed by atoms with Crippen LogP contribution in [0.25, 0.3) is 0 Å². The van der Waals surface area contributed by atoms with Crippen LogP contribution in [0.2, 0.25) is 0 Å². The summed E-state index contributed by atoms with van der Waals surface area (Å²) in [5.74, 6) is -0.0296. The molecule has 1 aromatic rings. The lowest BCUT2D eigenvalue weighted by Gasteiger charge is -2.22. The van der Waals surface area contributed by atoms with Crippen LogP contribution in [0.15, 0.2) is 24.3 Å². The lowest BCUT2D eigenvalue weighted by molar-refractivity contribution is 0.0952. The summed E-state index contributed by atoms with van der Waals surface area (Å²) < 4.78 is 0. The van der Waals surface area contributed by atoms with Crippen LogP contribution < -0.4 is 11.1 Å². The summed E-state index contributed by atoms with van der Waals surface area (Å²) in [4.78, 5) is 14.3. The van der Waals surface area contributed by atoms with Gasteiger partial charge in [0.15, 0.2) is 0 Å². The fraction of sp³-hybridized carbons (Fsp3) is 0.588. The number of benzene rings is 1.